The number of imidazole rings is 1. The van der Waals surface area contributed by atoms with E-state index in [0.29, 0.717) is 11.4 Å². The fourth-order valence-electron chi connectivity index (χ4n) is 4.35. The molecule has 0 aliphatic carbocycles. The minimum Gasteiger partial charge on any atom is -0.306 e. The topological polar surface area (TPSA) is 84.0 Å². The van der Waals surface area contributed by atoms with Crippen LogP contribution in [0, 0.1) is 20.8 Å². The van der Waals surface area contributed by atoms with Gasteiger partial charge in [-0.25, -0.2) is 17.9 Å². The van der Waals surface area contributed by atoms with Crippen LogP contribution in [0.15, 0.2) is 40.0 Å². The monoisotopic (exact) mass is 385 g/mol. The minimum atomic E-state index is -3.71. The van der Waals surface area contributed by atoms with E-state index in [1.807, 2.05) is 58.0 Å². The molecule has 6 nitrogen and oxygen atoms in total. The summed E-state index contributed by atoms with van der Waals surface area (Å²) in [5.74, 6) is -0.0512. The molecule has 3 aromatic rings. The highest BCUT2D eigenvalue weighted by Crippen LogP contribution is 2.32. The number of hydrogen-bond acceptors (Lipinski definition) is 3. The summed E-state index contributed by atoms with van der Waals surface area (Å²) in [6, 6.07) is 9.07. The van der Waals surface area contributed by atoms with Gasteiger partial charge in [-0.3, -0.25) is 4.57 Å². The number of sulfonamides is 1. The van der Waals surface area contributed by atoms with Gasteiger partial charge in [-0.05, 0) is 43.5 Å². The zero-order valence-electron chi connectivity index (χ0n) is 15.8. The second-order valence-corrected chi connectivity index (χ2v) is 9.18. The molecule has 0 fully saturated rings. The van der Waals surface area contributed by atoms with E-state index in [4.69, 9.17) is 0 Å². The lowest BCUT2D eigenvalue weighted by Gasteiger charge is -2.31. The van der Waals surface area contributed by atoms with Crippen LogP contribution in [-0.4, -0.2) is 24.0 Å². The molecular formula is C20H23N3O3S. The first-order chi connectivity index (χ1) is 12.7. The van der Waals surface area contributed by atoms with Gasteiger partial charge in [-0.1, -0.05) is 36.8 Å². The van der Waals surface area contributed by atoms with Crippen LogP contribution in [0.25, 0.3) is 11.0 Å². The average molecular weight is 385 g/mol. The van der Waals surface area contributed by atoms with Gasteiger partial charge in [0.15, 0.2) is 0 Å². The van der Waals surface area contributed by atoms with Gasteiger partial charge in [-0.2, -0.15) is 0 Å². The van der Waals surface area contributed by atoms with Crippen LogP contribution in [0.1, 0.15) is 35.1 Å². The van der Waals surface area contributed by atoms with Crippen LogP contribution in [-0.2, 0) is 16.6 Å². The van der Waals surface area contributed by atoms with Crippen LogP contribution >= 0.6 is 0 Å². The lowest BCUT2D eigenvalue weighted by molar-refractivity contribution is 0.429. The van der Waals surface area contributed by atoms with Crippen molar-refractivity contribution in [3.8, 4) is 0 Å². The molecule has 0 saturated heterocycles. The molecule has 2 aromatic carbocycles. The summed E-state index contributed by atoms with van der Waals surface area (Å²) < 4.78 is 30.8. The van der Waals surface area contributed by atoms with E-state index in [2.05, 4.69) is 9.71 Å². The van der Waals surface area contributed by atoms with Gasteiger partial charge in [-0.15, -0.1) is 0 Å². The highest BCUT2D eigenvalue weighted by Gasteiger charge is 2.33. The van der Waals surface area contributed by atoms with Crippen molar-refractivity contribution in [3.63, 3.8) is 0 Å². The van der Waals surface area contributed by atoms with Crippen molar-refractivity contribution < 1.29 is 8.42 Å². The van der Waals surface area contributed by atoms with Crippen molar-refractivity contribution in [2.24, 2.45) is 0 Å². The fraction of sp³-hybridized carbons (Fsp3) is 0.350. The number of nitrogens with one attached hydrogen (secondary N) is 2. The minimum absolute atomic E-state index is 0.0512. The van der Waals surface area contributed by atoms with E-state index in [-0.39, 0.29) is 11.6 Å². The Morgan fingerprint density at radius 1 is 1.15 bits per heavy atom. The van der Waals surface area contributed by atoms with Crippen molar-refractivity contribution in [2.45, 2.75) is 51.1 Å². The first kappa shape index (κ1) is 18.0. The van der Waals surface area contributed by atoms with E-state index < -0.39 is 16.1 Å². The number of aromatic nitrogens is 2. The van der Waals surface area contributed by atoms with Crippen molar-refractivity contribution in [3.05, 3.63) is 63.1 Å². The molecule has 27 heavy (non-hydrogen) atoms. The van der Waals surface area contributed by atoms with Gasteiger partial charge in [0.25, 0.3) is 0 Å². The summed E-state index contributed by atoms with van der Waals surface area (Å²) in [6.45, 7) is 7.88. The Bertz CT molecular complexity index is 1200. The van der Waals surface area contributed by atoms with E-state index in [9.17, 15) is 13.2 Å². The molecule has 1 aliphatic rings. The standard InChI is InChI=1S/C20H23N3O3S/c1-11-8-12(2)19(13(3)9-11)27(25,26)22-17-10-23-18-15(14(17)4)6-5-7-16(18)21-20(23)24/h5-9,14,17,22H,10H2,1-4H3,(H,21,24). The molecule has 0 amide bonds. The summed E-state index contributed by atoms with van der Waals surface area (Å²) in [4.78, 5) is 15.5. The van der Waals surface area contributed by atoms with E-state index in [1.165, 1.54) is 0 Å². The first-order valence-electron chi connectivity index (χ1n) is 9.00. The van der Waals surface area contributed by atoms with Crippen LogP contribution in [0.2, 0.25) is 0 Å². The van der Waals surface area contributed by atoms with Crippen molar-refractivity contribution in [2.75, 3.05) is 0 Å². The van der Waals surface area contributed by atoms with Crippen LogP contribution in [0.3, 0.4) is 0 Å². The average Bonchev–Trinajstić information content (AvgIpc) is 2.87. The number of hydrogen-bond donors (Lipinski definition) is 2. The smallest absolute Gasteiger partial charge is 0.306 e. The van der Waals surface area contributed by atoms with Crippen molar-refractivity contribution in [1.29, 1.82) is 0 Å². The third kappa shape index (κ3) is 2.82. The normalized spacial score (nSPS) is 19.6. The Hall–Kier alpha value is -2.38. The zero-order valence-corrected chi connectivity index (χ0v) is 16.6. The number of aryl methyl sites for hydroxylation is 3. The van der Waals surface area contributed by atoms with Crippen molar-refractivity contribution in [1.82, 2.24) is 14.3 Å². The van der Waals surface area contributed by atoms with Gasteiger partial charge < -0.3 is 4.98 Å². The highest BCUT2D eigenvalue weighted by atomic mass is 32.2. The fourth-order valence-corrected chi connectivity index (χ4v) is 6.11. The Morgan fingerprint density at radius 2 is 1.81 bits per heavy atom. The van der Waals surface area contributed by atoms with E-state index in [1.54, 1.807) is 4.57 Å². The second kappa shape index (κ2) is 6.07. The van der Waals surface area contributed by atoms with Crippen LogP contribution in [0.4, 0.5) is 0 Å². The molecule has 2 heterocycles. The summed E-state index contributed by atoms with van der Waals surface area (Å²) >= 11 is 0. The molecule has 2 unspecified atom stereocenters. The second-order valence-electron chi connectivity index (χ2n) is 7.53. The summed E-state index contributed by atoms with van der Waals surface area (Å²) in [5.41, 5.74) is 4.91. The van der Waals surface area contributed by atoms with Crippen molar-refractivity contribution >= 4 is 21.1 Å². The summed E-state index contributed by atoms with van der Waals surface area (Å²) in [6.07, 6.45) is 0. The molecule has 0 spiro atoms. The zero-order chi connectivity index (χ0) is 19.5. The third-order valence-corrected chi connectivity index (χ3v) is 7.27. The Morgan fingerprint density at radius 3 is 2.48 bits per heavy atom. The molecule has 0 saturated carbocycles. The number of benzene rings is 2. The predicted octanol–water partition coefficient (Wildman–Crippen LogP) is 2.72. The molecule has 142 valence electrons. The van der Waals surface area contributed by atoms with Gasteiger partial charge >= 0.3 is 5.69 Å². The molecule has 2 N–H and O–H groups in total. The maximum absolute atomic E-state index is 13.2. The van der Waals surface area contributed by atoms with Crippen LogP contribution < -0.4 is 10.4 Å². The van der Waals surface area contributed by atoms with E-state index >= 15 is 0 Å². The Kier molecular flexibility index (Phi) is 4.05. The maximum Gasteiger partial charge on any atom is 0.326 e. The van der Waals surface area contributed by atoms with E-state index in [0.717, 1.165) is 33.3 Å². The molecule has 4 rings (SSSR count). The van der Waals surface area contributed by atoms with Gasteiger partial charge in [0, 0.05) is 18.5 Å². The largest absolute Gasteiger partial charge is 0.326 e. The quantitative estimate of drug-likeness (QED) is 0.727. The number of para-hydroxylation sites is 1. The summed E-state index contributed by atoms with van der Waals surface area (Å²) in [5, 5.41) is 0. The SMILES string of the molecule is Cc1cc(C)c(S(=O)(=O)NC2Cn3c(=O)[nH]c4cccc(c43)C2C)c(C)c1. The first-order valence-corrected chi connectivity index (χ1v) is 10.5. The van der Waals surface area contributed by atoms with Gasteiger partial charge in [0.05, 0.1) is 15.9 Å². The maximum atomic E-state index is 13.2. The molecule has 1 aliphatic heterocycles. The summed E-state index contributed by atoms with van der Waals surface area (Å²) in [7, 11) is -3.71. The molecule has 2 atom stereocenters. The molecule has 7 heteroatoms. The van der Waals surface area contributed by atoms with Gasteiger partial charge in [0.2, 0.25) is 10.0 Å². The Balaban J connectivity index is 1.76. The molecule has 0 radical (unpaired) electrons. The number of H-pyrrole nitrogens is 1. The number of aromatic amines is 1. The van der Waals surface area contributed by atoms with Gasteiger partial charge in [0.1, 0.15) is 0 Å². The molecular weight excluding hydrogens is 362 g/mol. The number of nitrogens with zero attached hydrogens (tertiary/aromatic N) is 1. The number of rotatable bonds is 3. The van der Waals surface area contributed by atoms with Crippen LogP contribution in [0.5, 0.6) is 0 Å². The third-order valence-electron chi connectivity index (χ3n) is 5.48. The molecule has 0 bridgehead atoms. The highest BCUT2D eigenvalue weighted by molar-refractivity contribution is 7.89. The Labute approximate surface area is 158 Å². The molecule has 1 aromatic heterocycles. The predicted molar refractivity (Wildman–Crippen MR) is 106 cm³/mol. The lowest BCUT2D eigenvalue weighted by Crippen LogP contribution is -2.45. The lowest BCUT2D eigenvalue weighted by atomic mass is 9.90.